The number of benzene rings is 2. The predicted octanol–water partition coefficient (Wildman–Crippen LogP) is 3.53. The van der Waals surface area contributed by atoms with Gasteiger partial charge in [-0.15, -0.1) is 0 Å². The summed E-state index contributed by atoms with van der Waals surface area (Å²) in [6.45, 7) is 1.88. The third kappa shape index (κ3) is 3.95. The summed E-state index contributed by atoms with van der Waals surface area (Å²) in [6, 6.07) is 20.2. The Kier molecular flexibility index (Phi) is 5.48. The minimum atomic E-state index is -0.133. The highest BCUT2D eigenvalue weighted by Crippen LogP contribution is 2.36. The van der Waals surface area contributed by atoms with Crippen molar-refractivity contribution in [2.75, 3.05) is 24.5 Å². The maximum atomic E-state index is 13.3. The van der Waals surface area contributed by atoms with Gasteiger partial charge in [-0.05, 0) is 40.5 Å². The van der Waals surface area contributed by atoms with E-state index in [9.17, 15) is 4.79 Å². The number of amides is 1. The van der Waals surface area contributed by atoms with Crippen LogP contribution in [0, 0.1) is 0 Å². The fourth-order valence-corrected chi connectivity index (χ4v) is 4.42. The fraction of sp³-hybridized carbons (Fsp3) is 0.333. The van der Waals surface area contributed by atoms with Crippen LogP contribution in [0.25, 0.3) is 5.70 Å². The molecule has 3 aromatic rings. The molecule has 1 amide bonds. The number of fused-ring (bicyclic) bond motifs is 1. The normalized spacial score (nSPS) is 18.8. The van der Waals surface area contributed by atoms with Crippen LogP contribution in [-0.4, -0.2) is 50.6 Å². The molecule has 1 fully saturated rings. The largest absolute Gasteiger partial charge is 0.341 e. The molecule has 0 N–H and O–H groups in total. The average molecular weight is 415 g/mol. The molecule has 0 bridgehead atoms. The summed E-state index contributed by atoms with van der Waals surface area (Å²) in [4.78, 5) is 17.2. The lowest BCUT2D eigenvalue weighted by molar-refractivity contribution is -0.129. The zero-order valence-electron chi connectivity index (χ0n) is 17.5. The number of nitrogens with zero attached hydrogens (tertiary/aromatic N) is 6. The number of hydrogen-bond donors (Lipinski definition) is 0. The first-order valence-corrected chi connectivity index (χ1v) is 11.0. The maximum Gasteiger partial charge on any atom is 0.251 e. The third-order valence-electron chi connectivity index (χ3n) is 6.05. The highest BCUT2D eigenvalue weighted by molar-refractivity contribution is 5.89. The number of tetrazole rings is 1. The van der Waals surface area contributed by atoms with Crippen molar-refractivity contribution in [3.05, 3.63) is 77.9 Å². The number of rotatable bonds is 4. The summed E-state index contributed by atoms with van der Waals surface area (Å²) >= 11 is 0. The smallest absolute Gasteiger partial charge is 0.251 e. The van der Waals surface area contributed by atoms with Gasteiger partial charge in [0.05, 0.1) is 5.70 Å². The molecule has 0 aliphatic carbocycles. The Morgan fingerprint density at radius 3 is 2.29 bits per heavy atom. The van der Waals surface area contributed by atoms with Crippen LogP contribution in [-0.2, 0) is 4.79 Å². The predicted molar refractivity (Wildman–Crippen MR) is 119 cm³/mol. The fourth-order valence-electron chi connectivity index (χ4n) is 4.42. The molecule has 158 valence electrons. The minimum absolute atomic E-state index is 0.122. The van der Waals surface area contributed by atoms with Crippen LogP contribution in [0.15, 0.2) is 66.7 Å². The van der Waals surface area contributed by atoms with E-state index in [1.54, 1.807) is 4.68 Å². The summed E-state index contributed by atoms with van der Waals surface area (Å²) in [5, 5.41) is 12.6. The Bertz CT molecular complexity index is 1050. The summed E-state index contributed by atoms with van der Waals surface area (Å²) in [5.41, 5.74) is 3.10. The Labute approximate surface area is 182 Å². The molecule has 7 nitrogen and oxygen atoms in total. The Morgan fingerprint density at radius 2 is 1.58 bits per heavy atom. The molecule has 2 aromatic carbocycles. The Hall–Kier alpha value is -3.48. The van der Waals surface area contributed by atoms with Gasteiger partial charge >= 0.3 is 0 Å². The van der Waals surface area contributed by atoms with E-state index in [-0.39, 0.29) is 18.5 Å². The lowest BCUT2D eigenvalue weighted by Gasteiger charge is -2.34. The quantitative estimate of drug-likeness (QED) is 0.653. The zero-order valence-corrected chi connectivity index (χ0v) is 17.5. The standard InChI is InChI=1S/C24H26N6O/c31-23(28-15-9-1-2-10-16-28)18-29-21(19-11-5-3-6-12-19)17-22(20-13-7-4-8-14-20)30-24(29)25-26-27-30/h3-8,11-14,17,22H,1-2,9-10,15-16,18H2/t22-/m1/s1. The van der Waals surface area contributed by atoms with Crippen molar-refractivity contribution in [1.82, 2.24) is 25.1 Å². The highest BCUT2D eigenvalue weighted by Gasteiger charge is 2.32. The molecule has 0 radical (unpaired) electrons. The van der Waals surface area contributed by atoms with Gasteiger partial charge in [-0.3, -0.25) is 9.69 Å². The summed E-state index contributed by atoms with van der Waals surface area (Å²) in [5.74, 6) is 0.717. The van der Waals surface area contributed by atoms with Crippen LogP contribution in [0.4, 0.5) is 5.95 Å². The van der Waals surface area contributed by atoms with Crippen molar-refractivity contribution in [3.8, 4) is 0 Å². The van der Waals surface area contributed by atoms with E-state index < -0.39 is 0 Å². The molecule has 0 unspecified atom stereocenters. The molecular formula is C24H26N6O. The topological polar surface area (TPSA) is 67.2 Å². The summed E-state index contributed by atoms with van der Waals surface area (Å²) in [6.07, 6.45) is 6.69. The van der Waals surface area contributed by atoms with Crippen LogP contribution < -0.4 is 4.90 Å². The third-order valence-corrected chi connectivity index (χ3v) is 6.05. The van der Waals surface area contributed by atoms with Crippen LogP contribution >= 0.6 is 0 Å². The van der Waals surface area contributed by atoms with Crippen LogP contribution in [0.2, 0.25) is 0 Å². The first-order chi connectivity index (χ1) is 15.3. The van der Waals surface area contributed by atoms with E-state index in [0.717, 1.165) is 42.8 Å². The summed E-state index contributed by atoms with van der Waals surface area (Å²) in [7, 11) is 0. The highest BCUT2D eigenvalue weighted by atomic mass is 16.2. The first-order valence-electron chi connectivity index (χ1n) is 11.0. The number of carbonyl (C=O) groups is 1. The lowest BCUT2D eigenvalue weighted by Crippen LogP contribution is -2.42. The number of anilines is 1. The van der Waals surface area contributed by atoms with Gasteiger partial charge in [0.15, 0.2) is 0 Å². The van der Waals surface area contributed by atoms with Gasteiger partial charge in [0.2, 0.25) is 5.91 Å². The number of allylic oxidation sites excluding steroid dienone is 1. The van der Waals surface area contributed by atoms with Crippen molar-refractivity contribution in [2.24, 2.45) is 0 Å². The molecule has 1 atom stereocenters. The monoisotopic (exact) mass is 414 g/mol. The van der Waals surface area contributed by atoms with Crippen LogP contribution in [0.3, 0.4) is 0 Å². The van der Waals surface area contributed by atoms with Crippen molar-refractivity contribution in [3.63, 3.8) is 0 Å². The van der Waals surface area contributed by atoms with Gasteiger partial charge in [-0.25, -0.2) is 0 Å². The SMILES string of the molecule is O=C(CN1C(c2ccccc2)=C[C@H](c2ccccc2)n2nnnc21)N1CCCCCC1. The number of aromatic nitrogens is 4. The van der Waals surface area contributed by atoms with E-state index in [2.05, 4.69) is 45.9 Å². The molecule has 5 rings (SSSR count). The number of hydrogen-bond acceptors (Lipinski definition) is 5. The zero-order chi connectivity index (χ0) is 21.0. The van der Waals surface area contributed by atoms with E-state index >= 15 is 0 Å². The molecule has 2 aliphatic heterocycles. The first kappa shape index (κ1) is 19.5. The molecule has 0 spiro atoms. The van der Waals surface area contributed by atoms with Gasteiger partial charge in [0.25, 0.3) is 5.95 Å². The molecule has 3 heterocycles. The van der Waals surface area contributed by atoms with Crippen molar-refractivity contribution in [1.29, 1.82) is 0 Å². The van der Waals surface area contributed by atoms with Gasteiger partial charge in [-0.2, -0.15) is 4.68 Å². The van der Waals surface area contributed by atoms with Gasteiger partial charge in [0.1, 0.15) is 12.6 Å². The van der Waals surface area contributed by atoms with Gasteiger partial charge in [-0.1, -0.05) is 78.6 Å². The van der Waals surface area contributed by atoms with Crippen molar-refractivity contribution >= 4 is 17.6 Å². The summed E-state index contributed by atoms with van der Waals surface area (Å²) < 4.78 is 1.80. The van der Waals surface area contributed by atoms with E-state index in [4.69, 9.17) is 0 Å². The lowest BCUT2D eigenvalue weighted by atomic mass is 10.0. The van der Waals surface area contributed by atoms with Gasteiger partial charge in [0, 0.05) is 13.1 Å². The van der Waals surface area contributed by atoms with Crippen LogP contribution in [0.1, 0.15) is 42.9 Å². The second kappa shape index (κ2) is 8.71. The van der Waals surface area contributed by atoms with E-state index in [0.29, 0.717) is 5.95 Å². The minimum Gasteiger partial charge on any atom is -0.341 e. The number of carbonyl (C=O) groups excluding carboxylic acids is 1. The molecule has 0 saturated carbocycles. The average Bonchev–Trinajstić information content (AvgIpc) is 3.15. The van der Waals surface area contributed by atoms with Crippen molar-refractivity contribution in [2.45, 2.75) is 31.7 Å². The molecule has 2 aliphatic rings. The second-order valence-electron chi connectivity index (χ2n) is 8.08. The maximum absolute atomic E-state index is 13.3. The second-order valence-corrected chi connectivity index (χ2v) is 8.08. The molecular weight excluding hydrogens is 388 g/mol. The molecule has 7 heteroatoms. The molecule has 31 heavy (non-hydrogen) atoms. The molecule has 1 aromatic heterocycles. The van der Waals surface area contributed by atoms with E-state index in [1.165, 1.54) is 12.8 Å². The van der Waals surface area contributed by atoms with Gasteiger partial charge < -0.3 is 4.90 Å². The van der Waals surface area contributed by atoms with Crippen LogP contribution in [0.5, 0.6) is 0 Å². The van der Waals surface area contributed by atoms with Crippen molar-refractivity contribution < 1.29 is 4.79 Å². The number of likely N-dealkylation sites (tertiary alicyclic amines) is 1. The molecule has 1 saturated heterocycles. The van der Waals surface area contributed by atoms with E-state index in [1.807, 2.05) is 46.2 Å². The Balaban J connectivity index is 1.54. The Morgan fingerprint density at radius 1 is 0.903 bits per heavy atom.